The number of thiazole rings is 1. The molecule has 172 valence electrons. The topological polar surface area (TPSA) is 52.8 Å². The fourth-order valence-electron chi connectivity index (χ4n) is 4.26. The maximum absolute atomic E-state index is 13.1. The van der Waals surface area contributed by atoms with Crippen LogP contribution in [-0.4, -0.2) is 16.5 Å². The van der Waals surface area contributed by atoms with Gasteiger partial charge in [0.25, 0.3) is 5.56 Å². The molecule has 0 aliphatic rings. The first-order chi connectivity index (χ1) is 17.1. The van der Waals surface area contributed by atoms with Gasteiger partial charge in [-0.05, 0) is 52.2 Å². The van der Waals surface area contributed by atoms with Gasteiger partial charge in [-0.15, -0.1) is 0 Å². The van der Waals surface area contributed by atoms with Crippen LogP contribution in [0.3, 0.4) is 0 Å². The molecule has 0 atom stereocenters. The zero-order valence-electron chi connectivity index (χ0n) is 18.7. The Bertz CT molecular complexity index is 1840. The number of nitrogens with zero attached hydrogens (tertiary/aromatic N) is 2. The predicted molar refractivity (Wildman–Crippen MR) is 145 cm³/mol. The van der Waals surface area contributed by atoms with E-state index in [9.17, 15) is 4.79 Å². The molecule has 0 aliphatic carbocycles. The van der Waals surface area contributed by atoms with Crippen LogP contribution in [0.4, 0.5) is 0 Å². The van der Waals surface area contributed by atoms with Gasteiger partial charge >= 0.3 is 0 Å². The van der Waals surface area contributed by atoms with Crippen molar-refractivity contribution in [3.8, 4) is 11.5 Å². The first-order valence-corrected chi connectivity index (χ1v) is 12.6. The molecule has 6 rings (SSSR count). The van der Waals surface area contributed by atoms with Crippen LogP contribution < -0.4 is 19.6 Å². The van der Waals surface area contributed by atoms with Crippen LogP contribution in [0.25, 0.3) is 32.8 Å². The average molecular weight is 543 g/mol. The van der Waals surface area contributed by atoms with Crippen LogP contribution in [0.1, 0.15) is 11.1 Å². The summed E-state index contributed by atoms with van der Waals surface area (Å²) in [6, 6.07) is 25.9. The molecule has 0 spiro atoms. The standard InChI is InChI=1S/C28H19BrN2O3S/c1-33-24-13-19(14-26-27(32)31-23-12-5-4-11-22(23)30-28(31)35-26)21(29)15-25(24)34-16-18-9-6-8-17-7-2-3-10-20(17)18/h2-15H,16H2,1H3/b26-14-. The third-order valence-corrected chi connectivity index (χ3v) is 7.63. The number of aromatic nitrogens is 2. The lowest BCUT2D eigenvalue weighted by atomic mass is 10.1. The summed E-state index contributed by atoms with van der Waals surface area (Å²) in [5.74, 6) is 1.22. The molecule has 0 amide bonds. The lowest BCUT2D eigenvalue weighted by molar-refractivity contribution is 0.285. The molecule has 0 unspecified atom stereocenters. The molecular formula is C28H19BrN2O3S. The summed E-state index contributed by atoms with van der Waals surface area (Å²) in [5, 5.41) is 2.34. The van der Waals surface area contributed by atoms with Gasteiger partial charge in [0.2, 0.25) is 0 Å². The molecule has 0 saturated heterocycles. The first kappa shape index (κ1) is 21.8. The van der Waals surface area contributed by atoms with E-state index in [4.69, 9.17) is 9.47 Å². The smallest absolute Gasteiger partial charge is 0.274 e. The third-order valence-electron chi connectivity index (χ3n) is 5.98. The molecule has 2 heterocycles. The molecule has 4 aromatic carbocycles. The van der Waals surface area contributed by atoms with Crippen LogP contribution in [0.5, 0.6) is 11.5 Å². The van der Waals surface area contributed by atoms with Crippen LogP contribution in [0.2, 0.25) is 0 Å². The van der Waals surface area contributed by atoms with Gasteiger partial charge in [0.05, 0.1) is 22.7 Å². The minimum Gasteiger partial charge on any atom is -0.493 e. The van der Waals surface area contributed by atoms with Gasteiger partial charge in [-0.1, -0.05) is 81.9 Å². The summed E-state index contributed by atoms with van der Waals surface area (Å²) < 4.78 is 14.9. The van der Waals surface area contributed by atoms with Crippen molar-refractivity contribution in [3.05, 3.63) is 109 Å². The highest BCUT2D eigenvalue weighted by Crippen LogP contribution is 2.35. The Balaban J connectivity index is 1.36. The van der Waals surface area contributed by atoms with E-state index in [1.807, 2.05) is 60.7 Å². The van der Waals surface area contributed by atoms with Crippen molar-refractivity contribution in [2.24, 2.45) is 0 Å². The number of para-hydroxylation sites is 2. The first-order valence-electron chi connectivity index (χ1n) is 11.0. The van der Waals surface area contributed by atoms with E-state index in [1.54, 1.807) is 11.5 Å². The van der Waals surface area contributed by atoms with Crippen molar-refractivity contribution in [1.82, 2.24) is 9.38 Å². The van der Waals surface area contributed by atoms with Crippen molar-refractivity contribution in [2.75, 3.05) is 7.11 Å². The minimum atomic E-state index is -0.0825. The Hall–Kier alpha value is -3.68. The highest BCUT2D eigenvalue weighted by Gasteiger charge is 2.13. The Morgan fingerprint density at radius 2 is 1.80 bits per heavy atom. The van der Waals surface area contributed by atoms with E-state index in [1.165, 1.54) is 16.7 Å². The van der Waals surface area contributed by atoms with Crippen LogP contribution in [0, 0.1) is 0 Å². The number of halogens is 1. The lowest BCUT2D eigenvalue weighted by Crippen LogP contribution is -2.22. The van der Waals surface area contributed by atoms with E-state index >= 15 is 0 Å². The number of hydrogen-bond donors (Lipinski definition) is 0. The summed E-state index contributed by atoms with van der Waals surface area (Å²) in [4.78, 5) is 18.4. The summed E-state index contributed by atoms with van der Waals surface area (Å²) in [5.41, 5.74) is 3.48. The maximum Gasteiger partial charge on any atom is 0.274 e. The molecule has 6 aromatic rings. The number of methoxy groups -OCH3 is 1. The molecule has 2 aromatic heterocycles. The fraction of sp³-hybridized carbons (Fsp3) is 0.0714. The molecule has 0 N–H and O–H groups in total. The monoisotopic (exact) mass is 542 g/mol. The predicted octanol–water partition coefficient (Wildman–Crippen LogP) is 5.96. The maximum atomic E-state index is 13.1. The largest absolute Gasteiger partial charge is 0.493 e. The fourth-order valence-corrected chi connectivity index (χ4v) is 5.68. The molecule has 0 aliphatic heterocycles. The van der Waals surface area contributed by atoms with Gasteiger partial charge in [0, 0.05) is 4.47 Å². The number of ether oxygens (including phenoxy) is 2. The van der Waals surface area contributed by atoms with Crippen molar-refractivity contribution < 1.29 is 9.47 Å². The van der Waals surface area contributed by atoms with E-state index in [0.717, 1.165) is 32.0 Å². The van der Waals surface area contributed by atoms with Crippen molar-refractivity contribution in [3.63, 3.8) is 0 Å². The Kier molecular flexibility index (Phi) is 5.51. The quantitative estimate of drug-likeness (QED) is 0.269. The summed E-state index contributed by atoms with van der Waals surface area (Å²) in [6.45, 7) is 0.410. The molecule has 7 heteroatoms. The van der Waals surface area contributed by atoms with Gasteiger partial charge in [-0.2, -0.15) is 0 Å². The Morgan fingerprint density at radius 1 is 1.00 bits per heavy atom. The summed E-state index contributed by atoms with van der Waals surface area (Å²) >= 11 is 5.02. The van der Waals surface area contributed by atoms with Crippen molar-refractivity contribution in [2.45, 2.75) is 6.61 Å². The molecular weight excluding hydrogens is 524 g/mol. The number of fused-ring (bicyclic) bond motifs is 4. The molecule has 0 bridgehead atoms. The van der Waals surface area contributed by atoms with E-state index in [-0.39, 0.29) is 5.56 Å². The molecule has 5 nitrogen and oxygen atoms in total. The van der Waals surface area contributed by atoms with Crippen LogP contribution in [-0.2, 0) is 6.61 Å². The second-order valence-electron chi connectivity index (χ2n) is 8.09. The van der Waals surface area contributed by atoms with E-state index < -0.39 is 0 Å². The Labute approximate surface area is 213 Å². The van der Waals surface area contributed by atoms with Crippen LogP contribution >= 0.6 is 27.3 Å². The molecule has 0 radical (unpaired) electrons. The van der Waals surface area contributed by atoms with Gasteiger partial charge in [0.15, 0.2) is 16.5 Å². The molecule has 35 heavy (non-hydrogen) atoms. The SMILES string of the molecule is COc1cc(/C=c2\sc3nc4ccccc4n3c2=O)c(Br)cc1OCc1cccc2ccccc12. The highest BCUT2D eigenvalue weighted by molar-refractivity contribution is 9.10. The van der Waals surface area contributed by atoms with Gasteiger partial charge < -0.3 is 9.47 Å². The summed E-state index contributed by atoms with van der Waals surface area (Å²) in [7, 11) is 1.61. The van der Waals surface area contributed by atoms with Gasteiger partial charge in [-0.25, -0.2) is 9.38 Å². The van der Waals surface area contributed by atoms with Crippen molar-refractivity contribution in [1.29, 1.82) is 0 Å². The molecule has 0 saturated carbocycles. The Morgan fingerprint density at radius 3 is 2.69 bits per heavy atom. The van der Waals surface area contributed by atoms with E-state index in [0.29, 0.717) is 27.6 Å². The number of hydrogen-bond acceptors (Lipinski definition) is 5. The zero-order valence-corrected chi connectivity index (χ0v) is 21.1. The van der Waals surface area contributed by atoms with E-state index in [2.05, 4.69) is 45.2 Å². The highest BCUT2D eigenvalue weighted by atomic mass is 79.9. The molecule has 0 fully saturated rings. The number of benzene rings is 4. The average Bonchev–Trinajstić information content (AvgIpc) is 3.39. The van der Waals surface area contributed by atoms with Gasteiger partial charge in [0.1, 0.15) is 6.61 Å². The number of rotatable bonds is 5. The van der Waals surface area contributed by atoms with Crippen LogP contribution in [0.15, 0.2) is 88.1 Å². The second kappa shape index (κ2) is 8.83. The zero-order chi connectivity index (χ0) is 23.9. The van der Waals surface area contributed by atoms with Gasteiger partial charge in [-0.3, -0.25) is 4.79 Å². The normalized spacial score (nSPS) is 12.1. The second-order valence-corrected chi connectivity index (χ2v) is 9.95. The summed E-state index contributed by atoms with van der Waals surface area (Å²) in [6.07, 6.45) is 1.86. The third kappa shape index (κ3) is 3.87. The lowest BCUT2D eigenvalue weighted by Gasteiger charge is -2.14. The minimum absolute atomic E-state index is 0.0825. The number of imidazole rings is 1. The van der Waals surface area contributed by atoms with Crippen molar-refractivity contribution >= 4 is 60.1 Å².